The number of nitrogens with zero attached hydrogens (tertiary/aromatic N) is 3. The van der Waals surface area contributed by atoms with E-state index in [-0.39, 0.29) is 6.03 Å². The molecule has 0 aromatic carbocycles. The maximum absolute atomic E-state index is 11.5. The molecule has 0 atom stereocenters. The SMILES string of the molecule is C=CCNC(=O)N1CC(COc2cncc(Cl)n2)C1. The molecule has 19 heavy (non-hydrogen) atoms. The number of likely N-dealkylation sites (tertiary alicyclic amines) is 1. The van der Waals surface area contributed by atoms with Crippen LogP contribution >= 0.6 is 11.6 Å². The second-order valence-corrected chi connectivity index (χ2v) is 4.62. The van der Waals surface area contributed by atoms with Gasteiger partial charge in [-0.15, -0.1) is 6.58 Å². The lowest BCUT2D eigenvalue weighted by Crippen LogP contribution is -2.55. The molecule has 102 valence electrons. The Morgan fingerprint density at radius 2 is 2.42 bits per heavy atom. The lowest BCUT2D eigenvalue weighted by atomic mass is 10.0. The molecule has 0 saturated carbocycles. The molecule has 1 aromatic rings. The Bertz CT molecular complexity index is 463. The zero-order chi connectivity index (χ0) is 13.7. The highest BCUT2D eigenvalue weighted by atomic mass is 35.5. The number of halogens is 1. The smallest absolute Gasteiger partial charge is 0.317 e. The van der Waals surface area contributed by atoms with Crippen LogP contribution in [0.1, 0.15) is 0 Å². The van der Waals surface area contributed by atoms with Gasteiger partial charge in [0.25, 0.3) is 0 Å². The molecule has 1 aliphatic heterocycles. The Morgan fingerprint density at radius 1 is 1.63 bits per heavy atom. The van der Waals surface area contributed by atoms with Crippen LogP contribution in [-0.2, 0) is 0 Å². The second-order valence-electron chi connectivity index (χ2n) is 4.24. The van der Waals surface area contributed by atoms with Crippen molar-refractivity contribution in [1.82, 2.24) is 20.2 Å². The van der Waals surface area contributed by atoms with Crippen molar-refractivity contribution in [2.75, 3.05) is 26.2 Å². The number of amides is 2. The van der Waals surface area contributed by atoms with Crippen molar-refractivity contribution < 1.29 is 9.53 Å². The van der Waals surface area contributed by atoms with E-state index in [1.54, 1.807) is 11.0 Å². The first kappa shape index (κ1) is 13.6. The first-order valence-electron chi connectivity index (χ1n) is 5.93. The van der Waals surface area contributed by atoms with Crippen molar-refractivity contribution >= 4 is 17.6 Å². The summed E-state index contributed by atoms with van der Waals surface area (Å²) < 4.78 is 5.47. The highest BCUT2D eigenvalue weighted by Gasteiger charge is 2.30. The summed E-state index contributed by atoms with van der Waals surface area (Å²) in [6, 6.07) is -0.0707. The van der Waals surface area contributed by atoms with Crippen LogP contribution < -0.4 is 10.1 Å². The number of carbonyl (C=O) groups is 1. The predicted octanol–water partition coefficient (Wildman–Crippen LogP) is 1.34. The fraction of sp³-hybridized carbons (Fsp3) is 0.417. The van der Waals surface area contributed by atoms with Crippen molar-refractivity contribution in [3.63, 3.8) is 0 Å². The Labute approximate surface area is 116 Å². The average molecular weight is 283 g/mol. The van der Waals surface area contributed by atoms with E-state index in [1.807, 2.05) is 0 Å². The summed E-state index contributed by atoms with van der Waals surface area (Å²) in [6.45, 7) is 5.88. The predicted molar refractivity (Wildman–Crippen MR) is 71.2 cm³/mol. The summed E-state index contributed by atoms with van der Waals surface area (Å²) >= 11 is 5.70. The van der Waals surface area contributed by atoms with Gasteiger partial charge in [-0.1, -0.05) is 17.7 Å². The van der Waals surface area contributed by atoms with Gasteiger partial charge in [0.05, 0.1) is 19.0 Å². The molecule has 0 aliphatic carbocycles. The standard InChI is InChI=1S/C12H15ClN4O2/c1-2-3-15-12(18)17-6-9(7-17)8-19-11-5-14-4-10(13)16-11/h2,4-5,9H,1,3,6-8H2,(H,15,18). The first-order chi connectivity index (χ1) is 9.19. The number of carbonyl (C=O) groups excluding carboxylic acids is 1. The Kier molecular flexibility index (Phi) is 4.57. The summed E-state index contributed by atoms with van der Waals surface area (Å²) in [7, 11) is 0. The molecule has 1 aromatic heterocycles. The van der Waals surface area contributed by atoms with E-state index in [2.05, 4.69) is 21.9 Å². The molecule has 0 unspecified atom stereocenters. The van der Waals surface area contributed by atoms with E-state index < -0.39 is 0 Å². The van der Waals surface area contributed by atoms with E-state index in [9.17, 15) is 4.79 Å². The third-order valence-electron chi connectivity index (χ3n) is 2.69. The Hall–Kier alpha value is -1.82. The van der Waals surface area contributed by atoms with Crippen molar-refractivity contribution in [2.45, 2.75) is 0 Å². The van der Waals surface area contributed by atoms with E-state index in [0.29, 0.717) is 43.2 Å². The second kappa shape index (κ2) is 6.38. The van der Waals surface area contributed by atoms with E-state index >= 15 is 0 Å². The van der Waals surface area contributed by atoms with Crippen molar-refractivity contribution in [3.05, 3.63) is 30.2 Å². The number of hydrogen-bond donors (Lipinski definition) is 1. The lowest BCUT2D eigenvalue weighted by Gasteiger charge is -2.38. The highest BCUT2D eigenvalue weighted by molar-refractivity contribution is 6.29. The summed E-state index contributed by atoms with van der Waals surface area (Å²) in [4.78, 5) is 21.1. The van der Waals surface area contributed by atoms with Gasteiger partial charge in [-0.3, -0.25) is 4.98 Å². The largest absolute Gasteiger partial charge is 0.476 e. The third-order valence-corrected chi connectivity index (χ3v) is 2.87. The molecule has 2 rings (SSSR count). The minimum atomic E-state index is -0.0707. The molecule has 1 saturated heterocycles. The zero-order valence-corrected chi connectivity index (χ0v) is 11.1. The minimum absolute atomic E-state index is 0.0707. The van der Waals surface area contributed by atoms with Gasteiger partial charge in [0.15, 0.2) is 5.15 Å². The quantitative estimate of drug-likeness (QED) is 0.828. The van der Waals surface area contributed by atoms with Gasteiger partial charge < -0.3 is 15.0 Å². The van der Waals surface area contributed by atoms with Crippen LogP contribution in [0, 0.1) is 5.92 Å². The van der Waals surface area contributed by atoms with Gasteiger partial charge in [-0.05, 0) is 0 Å². The minimum Gasteiger partial charge on any atom is -0.476 e. The van der Waals surface area contributed by atoms with Crippen LogP contribution in [0.15, 0.2) is 25.0 Å². The maximum Gasteiger partial charge on any atom is 0.317 e. The van der Waals surface area contributed by atoms with E-state index in [1.165, 1.54) is 12.4 Å². The van der Waals surface area contributed by atoms with E-state index in [0.717, 1.165) is 0 Å². The number of urea groups is 1. The van der Waals surface area contributed by atoms with Crippen LogP contribution in [-0.4, -0.2) is 47.1 Å². The lowest BCUT2D eigenvalue weighted by molar-refractivity contribution is 0.0845. The number of hydrogen-bond acceptors (Lipinski definition) is 4. The van der Waals surface area contributed by atoms with Gasteiger partial charge in [0, 0.05) is 25.6 Å². The average Bonchev–Trinajstić information content (AvgIpc) is 2.34. The highest BCUT2D eigenvalue weighted by Crippen LogP contribution is 2.17. The summed E-state index contributed by atoms with van der Waals surface area (Å²) in [6.07, 6.45) is 4.61. The molecule has 1 N–H and O–H groups in total. The van der Waals surface area contributed by atoms with Crippen LogP contribution in [0.4, 0.5) is 4.79 Å². The molecular formula is C12H15ClN4O2. The Balaban J connectivity index is 1.68. The third kappa shape index (κ3) is 3.82. The molecular weight excluding hydrogens is 268 g/mol. The van der Waals surface area contributed by atoms with Crippen LogP contribution in [0.3, 0.4) is 0 Å². The number of nitrogens with one attached hydrogen (secondary N) is 1. The van der Waals surface area contributed by atoms with Gasteiger partial charge in [-0.2, -0.15) is 4.98 Å². The first-order valence-corrected chi connectivity index (χ1v) is 6.31. The van der Waals surface area contributed by atoms with Crippen LogP contribution in [0.5, 0.6) is 5.88 Å². The van der Waals surface area contributed by atoms with Crippen LogP contribution in [0.2, 0.25) is 5.15 Å². The van der Waals surface area contributed by atoms with Gasteiger partial charge >= 0.3 is 6.03 Å². The fourth-order valence-electron chi connectivity index (χ4n) is 1.71. The molecule has 0 bridgehead atoms. The molecule has 2 amide bonds. The molecule has 0 radical (unpaired) electrons. The molecule has 2 heterocycles. The summed E-state index contributed by atoms with van der Waals surface area (Å²) in [5.41, 5.74) is 0. The maximum atomic E-state index is 11.5. The van der Waals surface area contributed by atoms with E-state index in [4.69, 9.17) is 16.3 Å². The van der Waals surface area contributed by atoms with Crippen molar-refractivity contribution in [1.29, 1.82) is 0 Å². The summed E-state index contributed by atoms with van der Waals surface area (Å²) in [5.74, 6) is 0.720. The van der Waals surface area contributed by atoms with Crippen molar-refractivity contribution in [3.8, 4) is 5.88 Å². The zero-order valence-electron chi connectivity index (χ0n) is 10.4. The van der Waals surface area contributed by atoms with Crippen LogP contribution in [0.25, 0.3) is 0 Å². The fourth-order valence-corrected chi connectivity index (χ4v) is 1.85. The number of aromatic nitrogens is 2. The Morgan fingerprint density at radius 3 is 3.11 bits per heavy atom. The normalized spacial score (nSPS) is 14.7. The molecule has 0 spiro atoms. The number of ether oxygens (including phenoxy) is 1. The molecule has 7 heteroatoms. The topological polar surface area (TPSA) is 67.4 Å². The molecule has 1 aliphatic rings. The summed E-state index contributed by atoms with van der Waals surface area (Å²) in [5, 5.41) is 3.03. The monoisotopic (exact) mass is 282 g/mol. The number of rotatable bonds is 5. The van der Waals surface area contributed by atoms with Gasteiger partial charge in [0.1, 0.15) is 0 Å². The van der Waals surface area contributed by atoms with Crippen molar-refractivity contribution in [2.24, 2.45) is 5.92 Å². The molecule has 1 fully saturated rings. The van der Waals surface area contributed by atoms with Gasteiger partial charge in [-0.25, -0.2) is 4.79 Å². The van der Waals surface area contributed by atoms with Gasteiger partial charge in [0.2, 0.25) is 5.88 Å². The molecule has 6 nitrogen and oxygen atoms in total.